The standard InChI is InChI=1S/C19H17N5O2/c1-11-3-8-14-15(9-11)23-19(22-14)17-18(20)21-10-16(24-17)26-13-6-4-12(25-2)5-7-13/h3-10H,1-2H3,(H2,20,21)(H,22,23). The number of imidazole rings is 1. The SMILES string of the molecule is COc1ccc(Oc2cnc(N)c(-c3nc4ccc(C)cc4[nH]3)n2)cc1. The number of benzene rings is 2. The quantitative estimate of drug-likeness (QED) is 0.584. The van der Waals surface area contributed by atoms with Crippen molar-refractivity contribution in [1.29, 1.82) is 0 Å². The van der Waals surface area contributed by atoms with Crippen molar-refractivity contribution in [3.05, 3.63) is 54.2 Å². The minimum Gasteiger partial charge on any atom is -0.497 e. The zero-order valence-corrected chi connectivity index (χ0v) is 14.4. The van der Waals surface area contributed by atoms with Crippen molar-refractivity contribution in [2.24, 2.45) is 0 Å². The number of methoxy groups -OCH3 is 1. The maximum Gasteiger partial charge on any atom is 0.238 e. The topological polar surface area (TPSA) is 98.9 Å². The van der Waals surface area contributed by atoms with Crippen LogP contribution in [0.1, 0.15) is 5.56 Å². The van der Waals surface area contributed by atoms with Gasteiger partial charge >= 0.3 is 0 Å². The molecule has 0 atom stereocenters. The van der Waals surface area contributed by atoms with Gasteiger partial charge in [0.05, 0.1) is 24.3 Å². The molecule has 2 aromatic heterocycles. The Kier molecular flexibility index (Phi) is 3.89. The second kappa shape index (κ2) is 6.36. The summed E-state index contributed by atoms with van der Waals surface area (Å²) in [7, 11) is 1.61. The molecule has 2 heterocycles. The van der Waals surface area contributed by atoms with E-state index in [0.717, 1.165) is 22.3 Å². The molecule has 0 saturated carbocycles. The molecular formula is C19H17N5O2. The van der Waals surface area contributed by atoms with Crippen LogP contribution >= 0.6 is 0 Å². The highest BCUT2D eigenvalue weighted by molar-refractivity contribution is 5.81. The average Bonchev–Trinajstić information content (AvgIpc) is 3.07. The van der Waals surface area contributed by atoms with Gasteiger partial charge in [-0.05, 0) is 48.9 Å². The van der Waals surface area contributed by atoms with Crippen LogP contribution in [0, 0.1) is 6.92 Å². The molecular weight excluding hydrogens is 330 g/mol. The number of hydrogen-bond acceptors (Lipinski definition) is 6. The number of nitrogens with zero attached hydrogens (tertiary/aromatic N) is 3. The summed E-state index contributed by atoms with van der Waals surface area (Å²) >= 11 is 0. The van der Waals surface area contributed by atoms with Crippen molar-refractivity contribution in [1.82, 2.24) is 19.9 Å². The number of anilines is 1. The predicted molar refractivity (Wildman–Crippen MR) is 99.3 cm³/mol. The highest BCUT2D eigenvalue weighted by Gasteiger charge is 2.13. The first kappa shape index (κ1) is 15.9. The Labute approximate surface area is 149 Å². The molecule has 0 aliphatic rings. The van der Waals surface area contributed by atoms with Gasteiger partial charge in [0.15, 0.2) is 17.3 Å². The number of nitrogens with one attached hydrogen (secondary N) is 1. The number of nitrogens with two attached hydrogens (primary N) is 1. The van der Waals surface area contributed by atoms with Crippen LogP contribution < -0.4 is 15.2 Å². The first-order chi connectivity index (χ1) is 12.6. The van der Waals surface area contributed by atoms with E-state index in [9.17, 15) is 0 Å². The van der Waals surface area contributed by atoms with Gasteiger partial charge in [0, 0.05) is 0 Å². The Morgan fingerprint density at radius 1 is 1.00 bits per heavy atom. The number of nitrogen functional groups attached to an aromatic ring is 1. The molecule has 3 N–H and O–H groups in total. The van der Waals surface area contributed by atoms with E-state index in [1.807, 2.05) is 37.3 Å². The van der Waals surface area contributed by atoms with Crippen molar-refractivity contribution >= 4 is 16.9 Å². The van der Waals surface area contributed by atoms with Gasteiger partial charge in [0.25, 0.3) is 0 Å². The Morgan fingerprint density at radius 3 is 2.54 bits per heavy atom. The van der Waals surface area contributed by atoms with Crippen molar-refractivity contribution in [3.8, 4) is 28.9 Å². The highest BCUT2D eigenvalue weighted by atomic mass is 16.5. The number of H-pyrrole nitrogens is 1. The Balaban J connectivity index is 1.68. The minimum absolute atomic E-state index is 0.280. The summed E-state index contributed by atoms with van der Waals surface area (Å²) < 4.78 is 10.9. The van der Waals surface area contributed by atoms with Crippen LogP contribution in [0.3, 0.4) is 0 Å². The van der Waals surface area contributed by atoms with E-state index >= 15 is 0 Å². The van der Waals surface area contributed by atoms with Gasteiger partial charge in [0.2, 0.25) is 5.88 Å². The Morgan fingerprint density at radius 2 is 1.77 bits per heavy atom. The van der Waals surface area contributed by atoms with E-state index in [-0.39, 0.29) is 5.82 Å². The summed E-state index contributed by atoms with van der Waals surface area (Å²) in [5, 5.41) is 0. The Hall–Kier alpha value is -3.61. The lowest BCUT2D eigenvalue weighted by atomic mass is 10.2. The summed E-state index contributed by atoms with van der Waals surface area (Å²) in [4.78, 5) is 16.4. The normalized spacial score (nSPS) is 10.8. The van der Waals surface area contributed by atoms with Crippen LogP contribution in [-0.2, 0) is 0 Å². The van der Waals surface area contributed by atoms with Gasteiger partial charge in [-0.2, -0.15) is 0 Å². The van der Waals surface area contributed by atoms with E-state index in [4.69, 9.17) is 15.2 Å². The maximum absolute atomic E-state index is 6.00. The first-order valence-electron chi connectivity index (χ1n) is 8.03. The Bertz CT molecular complexity index is 1070. The van der Waals surface area contributed by atoms with Crippen LogP contribution in [-0.4, -0.2) is 27.0 Å². The third-order valence-corrected chi connectivity index (χ3v) is 3.92. The molecule has 7 nitrogen and oxygen atoms in total. The van der Waals surface area contributed by atoms with Crippen LogP contribution in [0.2, 0.25) is 0 Å². The van der Waals surface area contributed by atoms with Crippen molar-refractivity contribution < 1.29 is 9.47 Å². The number of hydrogen-bond donors (Lipinski definition) is 2. The third kappa shape index (κ3) is 3.02. The van der Waals surface area contributed by atoms with Crippen LogP contribution in [0.5, 0.6) is 17.4 Å². The lowest BCUT2D eigenvalue weighted by Crippen LogP contribution is -2.00. The minimum atomic E-state index is 0.280. The van der Waals surface area contributed by atoms with E-state index in [1.165, 1.54) is 6.20 Å². The predicted octanol–water partition coefficient (Wildman–Crippen LogP) is 3.71. The molecule has 0 aliphatic carbocycles. The summed E-state index contributed by atoms with van der Waals surface area (Å²) in [5.74, 6) is 2.53. The third-order valence-electron chi connectivity index (χ3n) is 3.92. The molecule has 26 heavy (non-hydrogen) atoms. The van der Waals surface area contributed by atoms with E-state index in [1.54, 1.807) is 19.2 Å². The van der Waals surface area contributed by atoms with Crippen LogP contribution in [0.15, 0.2) is 48.7 Å². The number of aromatic nitrogens is 4. The number of aromatic amines is 1. The molecule has 0 amide bonds. The monoisotopic (exact) mass is 347 g/mol. The molecule has 2 aromatic carbocycles. The largest absolute Gasteiger partial charge is 0.497 e. The molecule has 0 radical (unpaired) electrons. The summed E-state index contributed by atoms with van der Waals surface area (Å²) in [6.07, 6.45) is 1.48. The molecule has 4 rings (SSSR count). The van der Waals surface area contributed by atoms with Gasteiger partial charge in [0.1, 0.15) is 11.5 Å². The van der Waals surface area contributed by atoms with Gasteiger partial charge in [-0.25, -0.2) is 15.0 Å². The lowest BCUT2D eigenvalue weighted by molar-refractivity contribution is 0.412. The molecule has 0 spiro atoms. The molecule has 0 aliphatic heterocycles. The van der Waals surface area contributed by atoms with Gasteiger partial charge in [-0.15, -0.1) is 0 Å². The molecule has 0 unspecified atom stereocenters. The lowest BCUT2D eigenvalue weighted by Gasteiger charge is -2.07. The summed E-state index contributed by atoms with van der Waals surface area (Å²) in [6.45, 7) is 2.03. The maximum atomic E-state index is 6.00. The smallest absolute Gasteiger partial charge is 0.238 e. The average molecular weight is 347 g/mol. The summed E-state index contributed by atoms with van der Waals surface area (Å²) in [6, 6.07) is 13.2. The summed E-state index contributed by atoms with van der Waals surface area (Å²) in [5.41, 5.74) is 9.35. The van der Waals surface area contributed by atoms with Gasteiger partial charge < -0.3 is 20.2 Å². The number of fused-ring (bicyclic) bond motifs is 1. The van der Waals surface area contributed by atoms with Crippen molar-refractivity contribution in [2.75, 3.05) is 12.8 Å². The van der Waals surface area contributed by atoms with Crippen molar-refractivity contribution in [3.63, 3.8) is 0 Å². The van der Waals surface area contributed by atoms with Crippen LogP contribution in [0.25, 0.3) is 22.6 Å². The second-order valence-electron chi connectivity index (χ2n) is 5.83. The molecule has 0 bridgehead atoms. The molecule has 4 aromatic rings. The molecule has 0 saturated heterocycles. The molecule has 130 valence electrons. The number of ether oxygens (including phenoxy) is 2. The molecule has 0 fully saturated rings. The fourth-order valence-electron chi connectivity index (χ4n) is 2.61. The van der Waals surface area contributed by atoms with E-state index < -0.39 is 0 Å². The van der Waals surface area contributed by atoms with Crippen molar-refractivity contribution in [2.45, 2.75) is 6.92 Å². The fourth-order valence-corrected chi connectivity index (χ4v) is 2.61. The van der Waals surface area contributed by atoms with Crippen LogP contribution in [0.4, 0.5) is 5.82 Å². The van der Waals surface area contributed by atoms with E-state index in [0.29, 0.717) is 23.1 Å². The zero-order chi connectivity index (χ0) is 18.1. The first-order valence-corrected chi connectivity index (χ1v) is 8.03. The van der Waals surface area contributed by atoms with Gasteiger partial charge in [-0.3, -0.25) is 0 Å². The number of aryl methyl sites for hydroxylation is 1. The second-order valence-corrected chi connectivity index (χ2v) is 5.83. The number of rotatable bonds is 4. The highest BCUT2D eigenvalue weighted by Crippen LogP contribution is 2.27. The van der Waals surface area contributed by atoms with E-state index in [2.05, 4.69) is 19.9 Å². The molecule has 7 heteroatoms. The fraction of sp³-hybridized carbons (Fsp3) is 0.105. The zero-order valence-electron chi connectivity index (χ0n) is 14.4. The van der Waals surface area contributed by atoms with Gasteiger partial charge in [-0.1, -0.05) is 6.07 Å².